The van der Waals surface area contributed by atoms with Crippen molar-refractivity contribution in [3.8, 4) is 11.5 Å². The molecule has 0 aliphatic rings. The lowest BCUT2D eigenvalue weighted by molar-refractivity contribution is 1.15. The lowest BCUT2D eigenvalue weighted by Crippen LogP contribution is -1.90. The van der Waals surface area contributed by atoms with Gasteiger partial charge in [-0.25, -0.2) is 15.0 Å². The molecule has 0 aliphatic carbocycles. The van der Waals surface area contributed by atoms with Crippen LogP contribution in [0.2, 0.25) is 0 Å². The number of nitrogens with zero attached hydrogens (tertiary/aromatic N) is 3. The summed E-state index contributed by atoms with van der Waals surface area (Å²) in [4.78, 5) is 12.9. The van der Waals surface area contributed by atoms with E-state index in [2.05, 4.69) is 15.0 Å². The molecule has 0 radical (unpaired) electrons. The third kappa shape index (κ3) is 1.52. The molecular weight excluding hydrogens is 198 g/mol. The normalized spacial score (nSPS) is 10.5. The fourth-order valence-corrected chi connectivity index (χ4v) is 1.62. The lowest BCUT2D eigenvalue weighted by atomic mass is 10.2. The molecule has 0 N–H and O–H groups in total. The average molecular weight is 207 g/mol. The molecule has 0 unspecified atom stereocenters. The number of pyridine rings is 1. The minimum Gasteiger partial charge on any atom is -0.244 e. The van der Waals surface area contributed by atoms with Gasteiger partial charge in [-0.15, -0.1) is 0 Å². The first-order valence-corrected chi connectivity index (χ1v) is 5.07. The molecule has 3 aromatic rings. The number of fused-ring (bicyclic) bond motifs is 1. The summed E-state index contributed by atoms with van der Waals surface area (Å²) in [6.45, 7) is 0. The molecule has 0 bridgehead atoms. The maximum atomic E-state index is 4.52. The standard InChI is InChI=1S/C13H9N3/c1-2-5-11-10(4-1)6-7-12(16-11)13-14-8-3-9-15-13/h1-9H. The summed E-state index contributed by atoms with van der Waals surface area (Å²) in [5.74, 6) is 0.660. The smallest absolute Gasteiger partial charge is 0.178 e. The Bertz CT molecular complexity index is 620. The second kappa shape index (κ2) is 3.70. The highest BCUT2D eigenvalue weighted by Crippen LogP contribution is 2.16. The molecule has 2 aromatic heterocycles. The van der Waals surface area contributed by atoms with Crippen molar-refractivity contribution in [3.63, 3.8) is 0 Å². The van der Waals surface area contributed by atoms with E-state index in [0.717, 1.165) is 16.6 Å². The molecule has 0 spiro atoms. The van der Waals surface area contributed by atoms with Crippen LogP contribution in [-0.2, 0) is 0 Å². The van der Waals surface area contributed by atoms with E-state index in [0.29, 0.717) is 5.82 Å². The van der Waals surface area contributed by atoms with Crippen LogP contribution in [0.15, 0.2) is 54.9 Å². The van der Waals surface area contributed by atoms with Crippen LogP contribution < -0.4 is 0 Å². The van der Waals surface area contributed by atoms with Gasteiger partial charge < -0.3 is 0 Å². The van der Waals surface area contributed by atoms with Crippen molar-refractivity contribution in [1.82, 2.24) is 15.0 Å². The SMILES string of the molecule is c1cnc(-c2ccc3ccccc3n2)nc1. The molecule has 0 fully saturated rings. The van der Waals surface area contributed by atoms with Crippen LogP contribution >= 0.6 is 0 Å². The lowest BCUT2D eigenvalue weighted by Gasteiger charge is -2.00. The Balaban J connectivity index is 2.19. The zero-order valence-electron chi connectivity index (χ0n) is 8.54. The van der Waals surface area contributed by atoms with Gasteiger partial charge in [-0.2, -0.15) is 0 Å². The van der Waals surface area contributed by atoms with Gasteiger partial charge in [-0.3, -0.25) is 0 Å². The Hall–Kier alpha value is -2.29. The molecule has 76 valence electrons. The number of hydrogen-bond donors (Lipinski definition) is 0. The Morgan fingerprint density at radius 1 is 0.750 bits per heavy atom. The van der Waals surface area contributed by atoms with Gasteiger partial charge >= 0.3 is 0 Å². The van der Waals surface area contributed by atoms with Crippen molar-refractivity contribution in [2.24, 2.45) is 0 Å². The van der Waals surface area contributed by atoms with Crippen LogP contribution in [0.1, 0.15) is 0 Å². The quantitative estimate of drug-likeness (QED) is 0.615. The van der Waals surface area contributed by atoms with Crippen LogP contribution in [0.25, 0.3) is 22.4 Å². The van der Waals surface area contributed by atoms with Crippen molar-refractivity contribution < 1.29 is 0 Å². The van der Waals surface area contributed by atoms with Gasteiger partial charge in [-0.05, 0) is 18.2 Å². The summed E-state index contributed by atoms with van der Waals surface area (Å²) in [5, 5.41) is 1.13. The first-order chi connectivity index (χ1) is 7.93. The second-order valence-corrected chi connectivity index (χ2v) is 3.46. The summed E-state index contributed by atoms with van der Waals surface area (Å²) < 4.78 is 0. The van der Waals surface area contributed by atoms with Crippen molar-refractivity contribution in [2.45, 2.75) is 0 Å². The minimum atomic E-state index is 0.660. The van der Waals surface area contributed by atoms with E-state index in [9.17, 15) is 0 Å². The molecule has 0 amide bonds. The average Bonchev–Trinajstić information content (AvgIpc) is 2.39. The van der Waals surface area contributed by atoms with Gasteiger partial charge in [0.25, 0.3) is 0 Å². The van der Waals surface area contributed by atoms with E-state index in [1.807, 2.05) is 36.4 Å². The topological polar surface area (TPSA) is 38.7 Å². The molecule has 0 saturated heterocycles. The molecule has 2 heterocycles. The van der Waals surface area contributed by atoms with Crippen molar-refractivity contribution in [2.75, 3.05) is 0 Å². The molecule has 3 heteroatoms. The molecule has 16 heavy (non-hydrogen) atoms. The maximum absolute atomic E-state index is 4.52. The van der Waals surface area contributed by atoms with E-state index in [4.69, 9.17) is 0 Å². The highest BCUT2D eigenvalue weighted by molar-refractivity contribution is 5.80. The van der Waals surface area contributed by atoms with Gasteiger partial charge in [0, 0.05) is 17.8 Å². The van der Waals surface area contributed by atoms with Gasteiger partial charge in [-0.1, -0.05) is 24.3 Å². The van der Waals surface area contributed by atoms with Crippen molar-refractivity contribution in [1.29, 1.82) is 0 Å². The first kappa shape index (κ1) is 8.97. The summed E-state index contributed by atoms with van der Waals surface area (Å²) in [5.41, 5.74) is 1.77. The second-order valence-electron chi connectivity index (χ2n) is 3.46. The van der Waals surface area contributed by atoms with Gasteiger partial charge in [0.05, 0.1) is 5.52 Å². The molecule has 0 saturated carbocycles. The Labute approximate surface area is 92.8 Å². The third-order valence-electron chi connectivity index (χ3n) is 2.39. The Morgan fingerprint density at radius 3 is 2.44 bits per heavy atom. The zero-order valence-corrected chi connectivity index (χ0v) is 8.54. The fraction of sp³-hybridized carbons (Fsp3) is 0. The van der Waals surface area contributed by atoms with E-state index >= 15 is 0 Å². The predicted octanol–water partition coefficient (Wildman–Crippen LogP) is 2.69. The minimum absolute atomic E-state index is 0.660. The van der Waals surface area contributed by atoms with Crippen molar-refractivity contribution in [3.05, 3.63) is 54.9 Å². The van der Waals surface area contributed by atoms with Gasteiger partial charge in [0.2, 0.25) is 0 Å². The molecule has 0 aliphatic heterocycles. The molecule has 1 aromatic carbocycles. The summed E-state index contributed by atoms with van der Waals surface area (Å²) >= 11 is 0. The largest absolute Gasteiger partial charge is 0.244 e. The Kier molecular flexibility index (Phi) is 2.07. The molecule has 3 nitrogen and oxygen atoms in total. The Morgan fingerprint density at radius 2 is 1.56 bits per heavy atom. The molecule has 3 rings (SSSR count). The third-order valence-corrected chi connectivity index (χ3v) is 2.39. The van der Waals surface area contributed by atoms with E-state index in [-0.39, 0.29) is 0 Å². The number of para-hydroxylation sites is 1. The summed E-state index contributed by atoms with van der Waals surface area (Å²) in [7, 11) is 0. The summed E-state index contributed by atoms with van der Waals surface area (Å²) in [6, 6.07) is 13.8. The maximum Gasteiger partial charge on any atom is 0.178 e. The van der Waals surface area contributed by atoms with Crippen LogP contribution in [0.5, 0.6) is 0 Å². The molecule has 0 atom stereocenters. The van der Waals surface area contributed by atoms with Gasteiger partial charge in [0.1, 0.15) is 5.69 Å². The van der Waals surface area contributed by atoms with Crippen LogP contribution in [0, 0.1) is 0 Å². The van der Waals surface area contributed by atoms with E-state index < -0.39 is 0 Å². The highest BCUT2D eigenvalue weighted by Gasteiger charge is 2.02. The van der Waals surface area contributed by atoms with Gasteiger partial charge in [0.15, 0.2) is 5.82 Å². The van der Waals surface area contributed by atoms with Crippen LogP contribution in [0.4, 0.5) is 0 Å². The monoisotopic (exact) mass is 207 g/mol. The fourth-order valence-electron chi connectivity index (χ4n) is 1.62. The van der Waals surface area contributed by atoms with E-state index in [1.165, 1.54) is 0 Å². The number of hydrogen-bond acceptors (Lipinski definition) is 3. The predicted molar refractivity (Wildman–Crippen MR) is 62.8 cm³/mol. The van der Waals surface area contributed by atoms with Crippen LogP contribution in [0.3, 0.4) is 0 Å². The summed E-state index contributed by atoms with van der Waals surface area (Å²) in [6.07, 6.45) is 3.44. The van der Waals surface area contributed by atoms with Crippen molar-refractivity contribution >= 4 is 10.9 Å². The number of rotatable bonds is 1. The molecular formula is C13H9N3. The highest BCUT2D eigenvalue weighted by atomic mass is 14.9. The van der Waals surface area contributed by atoms with Crippen LogP contribution in [-0.4, -0.2) is 15.0 Å². The number of aromatic nitrogens is 3. The number of benzene rings is 1. The van der Waals surface area contributed by atoms with E-state index in [1.54, 1.807) is 18.5 Å². The first-order valence-electron chi connectivity index (χ1n) is 5.07. The zero-order chi connectivity index (χ0) is 10.8.